The van der Waals surface area contributed by atoms with E-state index in [0.29, 0.717) is 32.9 Å². The number of nitrogens with one attached hydrogen (secondary N) is 1. The summed E-state index contributed by atoms with van der Waals surface area (Å²) in [6.07, 6.45) is 6.85. The minimum absolute atomic E-state index is 0.0683. The van der Waals surface area contributed by atoms with Crippen LogP contribution >= 0.6 is 34.4 Å². The van der Waals surface area contributed by atoms with Gasteiger partial charge in [0.15, 0.2) is 18.1 Å². The molecule has 0 bridgehead atoms. The topological polar surface area (TPSA) is 84.9 Å². The summed E-state index contributed by atoms with van der Waals surface area (Å²) >= 11 is 2.91. The minimum Gasteiger partial charge on any atom is -0.490 e. The van der Waals surface area contributed by atoms with Crippen molar-refractivity contribution in [3.8, 4) is 23.8 Å². The Labute approximate surface area is 210 Å². The number of imide groups is 1. The van der Waals surface area contributed by atoms with Crippen molar-refractivity contribution in [1.82, 2.24) is 4.90 Å². The number of hydrogen-bond donors (Lipinski definition) is 1. The molecule has 0 aliphatic carbocycles. The predicted octanol–water partition coefficient (Wildman–Crippen LogP) is 4.69. The number of terminal acetylenes is 1. The Balaban J connectivity index is 1.76. The van der Waals surface area contributed by atoms with E-state index in [0.717, 1.165) is 22.2 Å². The van der Waals surface area contributed by atoms with Crippen molar-refractivity contribution in [2.45, 2.75) is 13.8 Å². The second-order valence-electron chi connectivity index (χ2n) is 6.94. The molecule has 9 heteroatoms. The number of carbonyl (C=O) groups excluding carboxylic acids is 3. The molecule has 1 fully saturated rings. The molecule has 2 aromatic carbocycles. The van der Waals surface area contributed by atoms with Crippen LogP contribution in [0.5, 0.6) is 11.5 Å². The third-order valence-electron chi connectivity index (χ3n) is 4.44. The number of halogens is 1. The maximum absolute atomic E-state index is 12.4. The van der Waals surface area contributed by atoms with E-state index in [2.05, 4.69) is 33.8 Å². The van der Waals surface area contributed by atoms with Crippen LogP contribution in [-0.2, 0) is 9.59 Å². The van der Waals surface area contributed by atoms with Gasteiger partial charge in [0.2, 0.25) is 0 Å². The van der Waals surface area contributed by atoms with E-state index in [1.165, 1.54) is 0 Å². The average Bonchev–Trinajstić information content (AvgIpc) is 3.02. The Morgan fingerprint density at radius 2 is 1.97 bits per heavy atom. The monoisotopic (exact) mass is 576 g/mol. The quantitative estimate of drug-likeness (QED) is 0.279. The number of benzene rings is 2. The smallest absolute Gasteiger partial charge is 0.294 e. The summed E-state index contributed by atoms with van der Waals surface area (Å²) in [6, 6.07) is 10.9. The van der Waals surface area contributed by atoms with Gasteiger partial charge < -0.3 is 14.8 Å². The van der Waals surface area contributed by atoms with E-state index in [4.69, 9.17) is 15.9 Å². The van der Waals surface area contributed by atoms with Crippen LogP contribution in [0.25, 0.3) is 6.08 Å². The third kappa shape index (κ3) is 6.30. The largest absolute Gasteiger partial charge is 0.490 e. The van der Waals surface area contributed by atoms with E-state index < -0.39 is 11.1 Å². The van der Waals surface area contributed by atoms with Crippen LogP contribution in [0.4, 0.5) is 10.5 Å². The van der Waals surface area contributed by atoms with Crippen molar-refractivity contribution in [3.63, 3.8) is 0 Å². The van der Waals surface area contributed by atoms with Crippen LogP contribution < -0.4 is 14.8 Å². The van der Waals surface area contributed by atoms with Gasteiger partial charge in [0.05, 0.1) is 21.6 Å². The first-order valence-electron chi connectivity index (χ1n) is 9.96. The maximum Gasteiger partial charge on any atom is 0.294 e. The summed E-state index contributed by atoms with van der Waals surface area (Å²) in [4.78, 5) is 38.1. The Kier molecular flexibility index (Phi) is 8.41. The van der Waals surface area contributed by atoms with E-state index in [-0.39, 0.29) is 24.0 Å². The summed E-state index contributed by atoms with van der Waals surface area (Å²) in [5.41, 5.74) is 2.44. The zero-order valence-electron chi connectivity index (χ0n) is 18.0. The van der Waals surface area contributed by atoms with Gasteiger partial charge in [-0.15, -0.1) is 6.42 Å². The molecule has 0 atom stereocenters. The standard InChI is InChI=1S/C24H21IN2O5S/c1-4-10-27-23(29)20(33-24(27)30)13-16-11-18(25)22(19(12-16)31-5-2)32-14-21(28)26-17-8-6-15(3)7-9-17/h1,6-9,11-13H,5,10,14H2,2-3H3,(H,26,28)/b20-13+. The molecule has 0 aromatic heterocycles. The number of rotatable bonds is 8. The fraction of sp³-hybridized carbons (Fsp3) is 0.208. The van der Waals surface area contributed by atoms with E-state index in [1.54, 1.807) is 18.2 Å². The van der Waals surface area contributed by atoms with Crippen molar-refractivity contribution >= 4 is 63.2 Å². The first-order chi connectivity index (χ1) is 15.8. The second-order valence-corrected chi connectivity index (χ2v) is 9.09. The van der Waals surface area contributed by atoms with Crippen LogP contribution in [0.3, 0.4) is 0 Å². The molecule has 1 heterocycles. The highest BCUT2D eigenvalue weighted by molar-refractivity contribution is 14.1. The number of thioether (sulfide) groups is 1. The molecule has 170 valence electrons. The fourth-order valence-electron chi connectivity index (χ4n) is 2.92. The normalized spacial score (nSPS) is 14.4. The molecule has 1 saturated heterocycles. The molecule has 1 aliphatic heterocycles. The van der Waals surface area contributed by atoms with Crippen molar-refractivity contribution < 1.29 is 23.9 Å². The van der Waals surface area contributed by atoms with Gasteiger partial charge in [0.1, 0.15) is 0 Å². The lowest BCUT2D eigenvalue weighted by atomic mass is 10.2. The summed E-state index contributed by atoms with van der Waals surface area (Å²) in [6.45, 7) is 3.91. The van der Waals surface area contributed by atoms with Crippen LogP contribution in [0, 0.1) is 22.8 Å². The molecule has 7 nitrogen and oxygen atoms in total. The molecule has 1 aliphatic rings. The fourth-order valence-corrected chi connectivity index (χ4v) is 4.54. The number of amides is 3. The molecule has 33 heavy (non-hydrogen) atoms. The lowest BCUT2D eigenvalue weighted by Gasteiger charge is -2.15. The Morgan fingerprint density at radius 3 is 2.64 bits per heavy atom. The van der Waals surface area contributed by atoms with Gasteiger partial charge in [-0.1, -0.05) is 23.6 Å². The molecule has 1 N–H and O–H groups in total. The van der Waals surface area contributed by atoms with Gasteiger partial charge >= 0.3 is 0 Å². The van der Waals surface area contributed by atoms with E-state index in [1.807, 2.05) is 38.1 Å². The highest BCUT2D eigenvalue weighted by Gasteiger charge is 2.34. The highest BCUT2D eigenvalue weighted by Crippen LogP contribution is 2.37. The molecule has 2 aromatic rings. The number of nitrogens with zero attached hydrogens (tertiary/aromatic N) is 1. The summed E-state index contributed by atoms with van der Waals surface area (Å²) < 4.78 is 12.2. The lowest BCUT2D eigenvalue weighted by molar-refractivity contribution is -0.122. The van der Waals surface area contributed by atoms with Crippen LogP contribution in [-0.4, -0.2) is 41.7 Å². The number of carbonyl (C=O) groups is 3. The van der Waals surface area contributed by atoms with Gasteiger partial charge in [-0.25, -0.2) is 0 Å². The molecule has 3 rings (SSSR count). The zero-order valence-corrected chi connectivity index (χ0v) is 21.0. The van der Waals surface area contributed by atoms with Gasteiger partial charge in [-0.2, -0.15) is 0 Å². The van der Waals surface area contributed by atoms with Crippen LogP contribution in [0.1, 0.15) is 18.1 Å². The van der Waals surface area contributed by atoms with Crippen molar-refractivity contribution in [2.24, 2.45) is 0 Å². The van der Waals surface area contributed by atoms with Gasteiger partial charge in [0.25, 0.3) is 17.1 Å². The molecule has 3 amide bonds. The summed E-state index contributed by atoms with van der Waals surface area (Å²) in [5.74, 6) is 2.44. The summed E-state index contributed by atoms with van der Waals surface area (Å²) in [7, 11) is 0. The zero-order chi connectivity index (χ0) is 24.0. The summed E-state index contributed by atoms with van der Waals surface area (Å²) in [5, 5.41) is 2.39. The van der Waals surface area contributed by atoms with Crippen molar-refractivity contribution in [1.29, 1.82) is 0 Å². The average molecular weight is 576 g/mol. The van der Waals surface area contributed by atoms with Crippen LogP contribution in [0.2, 0.25) is 0 Å². The lowest BCUT2D eigenvalue weighted by Crippen LogP contribution is -2.28. The first-order valence-corrected chi connectivity index (χ1v) is 11.9. The van der Waals surface area contributed by atoms with Gasteiger partial charge in [-0.3, -0.25) is 19.3 Å². The molecule has 0 radical (unpaired) electrons. The second kappa shape index (κ2) is 11.2. The number of aryl methyl sites for hydroxylation is 1. The Morgan fingerprint density at radius 1 is 1.24 bits per heavy atom. The van der Waals surface area contributed by atoms with E-state index in [9.17, 15) is 14.4 Å². The molecule has 0 unspecified atom stereocenters. The molecular weight excluding hydrogens is 555 g/mol. The van der Waals surface area contributed by atoms with Crippen molar-refractivity contribution in [3.05, 3.63) is 56.0 Å². The number of ether oxygens (including phenoxy) is 2. The number of hydrogen-bond acceptors (Lipinski definition) is 6. The van der Waals surface area contributed by atoms with Crippen LogP contribution in [0.15, 0.2) is 41.3 Å². The maximum atomic E-state index is 12.4. The SMILES string of the molecule is C#CCN1C(=O)S/C(=C/c2cc(I)c(OCC(=O)Nc3ccc(C)cc3)c(OCC)c2)C1=O. The van der Waals surface area contributed by atoms with Crippen molar-refractivity contribution in [2.75, 3.05) is 25.1 Å². The highest BCUT2D eigenvalue weighted by atomic mass is 127. The Hall–Kier alpha value is -2.97. The third-order valence-corrected chi connectivity index (χ3v) is 6.14. The predicted molar refractivity (Wildman–Crippen MR) is 137 cm³/mol. The van der Waals surface area contributed by atoms with E-state index >= 15 is 0 Å². The molecular formula is C24H21IN2O5S. The Bertz CT molecular complexity index is 1150. The minimum atomic E-state index is -0.427. The molecule has 0 spiro atoms. The number of anilines is 1. The van der Waals surface area contributed by atoms with Gasteiger partial charge in [-0.05, 0) is 84.1 Å². The molecule has 0 saturated carbocycles. The van der Waals surface area contributed by atoms with Gasteiger partial charge in [0, 0.05) is 5.69 Å². The first kappa shape index (κ1) is 24.7.